The van der Waals surface area contributed by atoms with Gasteiger partial charge in [0.05, 0.1) is 12.7 Å². The molecular formula is C11H16NO6P. The van der Waals surface area contributed by atoms with E-state index < -0.39 is 25.9 Å². The van der Waals surface area contributed by atoms with Crippen LogP contribution in [-0.4, -0.2) is 27.9 Å². The lowest BCUT2D eigenvalue weighted by molar-refractivity contribution is -0.140. The van der Waals surface area contributed by atoms with Gasteiger partial charge in [0.25, 0.3) is 0 Å². The number of rotatable bonds is 6. The van der Waals surface area contributed by atoms with Crippen LogP contribution in [0.15, 0.2) is 30.3 Å². The minimum atomic E-state index is -4.88. The van der Waals surface area contributed by atoms with Crippen molar-refractivity contribution in [1.82, 2.24) is 0 Å². The first-order valence-electron chi connectivity index (χ1n) is 5.49. The molecule has 0 amide bonds. The maximum atomic E-state index is 11.3. The Morgan fingerprint density at radius 3 is 2.47 bits per heavy atom. The van der Waals surface area contributed by atoms with Crippen molar-refractivity contribution in [2.45, 2.75) is 25.7 Å². The van der Waals surface area contributed by atoms with Gasteiger partial charge < -0.3 is 15.0 Å². The number of carbonyl (C=O) groups excluding carboxylic acids is 1. The molecule has 7 nitrogen and oxygen atoms in total. The van der Waals surface area contributed by atoms with E-state index in [-0.39, 0.29) is 6.61 Å². The number of carbonyl (C=O) groups is 1. The van der Waals surface area contributed by atoms with Crippen molar-refractivity contribution < 1.29 is 28.4 Å². The lowest BCUT2D eigenvalue weighted by Crippen LogP contribution is -2.42. The lowest BCUT2D eigenvalue weighted by atomic mass is 10.2. The van der Waals surface area contributed by atoms with E-state index in [9.17, 15) is 9.36 Å². The second-order valence-electron chi connectivity index (χ2n) is 3.93. The molecule has 0 saturated heterocycles. The van der Waals surface area contributed by atoms with Crippen molar-refractivity contribution in [2.75, 3.05) is 0 Å². The fourth-order valence-corrected chi connectivity index (χ4v) is 1.63. The van der Waals surface area contributed by atoms with E-state index >= 15 is 0 Å². The number of ether oxygens (including phenoxy) is 1. The molecule has 0 spiro atoms. The zero-order chi connectivity index (χ0) is 14.5. The number of phosphoric acid groups is 1. The highest BCUT2D eigenvalue weighted by atomic mass is 31.2. The lowest BCUT2D eigenvalue weighted by Gasteiger charge is -2.19. The Balaban J connectivity index is 2.47. The van der Waals surface area contributed by atoms with Crippen molar-refractivity contribution in [3.63, 3.8) is 0 Å². The topological polar surface area (TPSA) is 119 Å². The Bertz CT molecular complexity index is 460. The summed E-state index contributed by atoms with van der Waals surface area (Å²) in [5, 5.41) is 0. The third-order valence-electron chi connectivity index (χ3n) is 2.34. The van der Waals surface area contributed by atoms with Crippen molar-refractivity contribution in [1.29, 1.82) is 0 Å². The van der Waals surface area contributed by atoms with Crippen LogP contribution in [0.25, 0.3) is 0 Å². The van der Waals surface area contributed by atoms with Gasteiger partial charge in [-0.25, -0.2) is 9.36 Å². The fourth-order valence-electron chi connectivity index (χ4n) is 1.28. The summed E-state index contributed by atoms with van der Waals surface area (Å²) in [5.74, 6) is -1.20. The predicted octanol–water partition coefficient (Wildman–Crippen LogP) is 0.555. The van der Waals surface area contributed by atoms with Crippen LogP contribution >= 0.6 is 7.82 Å². The summed E-state index contributed by atoms with van der Waals surface area (Å²) in [4.78, 5) is 28.3. The largest absolute Gasteiger partial charge is 0.527 e. The van der Waals surface area contributed by atoms with Crippen LogP contribution in [0.2, 0.25) is 0 Å². The van der Waals surface area contributed by atoms with Gasteiger partial charge in [-0.2, -0.15) is 0 Å². The quantitative estimate of drug-likeness (QED) is 0.654. The summed E-state index contributed by atoms with van der Waals surface area (Å²) in [5.41, 5.74) is 6.38. The summed E-state index contributed by atoms with van der Waals surface area (Å²) >= 11 is 0. The van der Waals surface area contributed by atoms with Crippen molar-refractivity contribution in [2.24, 2.45) is 5.73 Å². The van der Waals surface area contributed by atoms with E-state index in [1.165, 1.54) is 6.92 Å². The predicted molar refractivity (Wildman–Crippen MR) is 66.8 cm³/mol. The molecule has 19 heavy (non-hydrogen) atoms. The smallest absolute Gasteiger partial charge is 0.372 e. The van der Waals surface area contributed by atoms with Crippen LogP contribution in [0.5, 0.6) is 0 Å². The molecule has 106 valence electrons. The molecule has 0 radical (unpaired) electrons. The van der Waals surface area contributed by atoms with Gasteiger partial charge in [0, 0.05) is 0 Å². The molecule has 1 aromatic carbocycles. The average molecular weight is 289 g/mol. The molecule has 0 saturated carbocycles. The summed E-state index contributed by atoms with van der Waals surface area (Å²) in [7, 11) is -4.88. The molecular weight excluding hydrogens is 273 g/mol. The third kappa shape index (κ3) is 5.96. The van der Waals surface area contributed by atoms with E-state index in [0.29, 0.717) is 0 Å². The molecule has 0 aliphatic heterocycles. The summed E-state index contributed by atoms with van der Waals surface area (Å²) < 4.78 is 19.7. The molecule has 0 aliphatic carbocycles. The maximum absolute atomic E-state index is 11.3. The normalized spacial score (nSPS) is 14.7. The monoisotopic (exact) mass is 289 g/mol. The molecule has 0 unspecified atom stereocenters. The molecule has 0 heterocycles. The SMILES string of the molecule is C[C@@H](OCc1ccccc1)[C@H](N)C(=O)OP(=O)(O)O. The molecule has 1 aromatic rings. The molecule has 0 aliphatic rings. The summed E-state index contributed by atoms with van der Waals surface area (Å²) in [6, 6.07) is 7.95. The molecule has 0 aromatic heterocycles. The standard InChI is InChI=1S/C11H16NO6P/c1-8(10(12)11(13)18-19(14,15)16)17-7-9-5-3-2-4-6-9/h2-6,8,10H,7,12H2,1H3,(H2,14,15,16)/t8-,10+/m1/s1. The van der Waals surface area contributed by atoms with Crippen LogP contribution < -0.4 is 5.73 Å². The van der Waals surface area contributed by atoms with Crippen LogP contribution in [-0.2, 0) is 25.2 Å². The van der Waals surface area contributed by atoms with E-state index in [4.69, 9.17) is 20.3 Å². The highest BCUT2D eigenvalue weighted by molar-refractivity contribution is 7.46. The zero-order valence-electron chi connectivity index (χ0n) is 10.3. The molecule has 8 heteroatoms. The maximum Gasteiger partial charge on any atom is 0.527 e. The first-order valence-corrected chi connectivity index (χ1v) is 7.02. The molecule has 0 fully saturated rings. The Kier molecular flexibility index (Phi) is 5.65. The number of phosphoric ester groups is 1. The first kappa shape index (κ1) is 15.8. The highest BCUT2D eigenvalue weighted by Gasteiger charge is 2.29. The molecule has 1 rings (SSSR count). The van der Waals surface area contributed by atoms with Crippen LogP contribution in [0.4, 0.5) is 0 Å². The van der Waals surface area contributed by atoms with Crippen LogP contribution in [0.3, 0.4) is 0 Å². The summed E-state index contributed by atoms with van der Waals surface area (Å²) in [6.45, 7) is 1.76. The third-order valence-corrected chi connectivity index (χ3v) is 2.76. The number of benzene rings is 1. The van der Waals surface area contributed by atoms with Gasteiger partial charge >= 0.3 is 13.8 Å². The Morgan fingerprint density at radius 1 is 1.37 bits per heavy atom. The van der Waals surface area contributed by atoms with Gasteiger partial charge in [-0.3, -0.25) is 9.79 Å². The van der Waals surface area contributed by atoms with Crippen molar-refractivity contribution >= 4 is 13.8 Å². The second kappa shape index (κ2) is 6.79. The minimum absolute atomic E-state index is 0.235. The van der Waals surface area contributed by atoms with Gasteiger partial charge in [-0.15, -0.1) is 0 Å². The zero-order valence-corrected chi connectivity index (χ0v) is 11.2. The number of nitrogens with two attached hydrogens (primary N) is 1. The van der Waals surface area contributed by atoms with E-state index in [2.05, 4.69) is 4.52 Å². The van der Waals surface area contributed by atoms with E-state index in [1.807, 2.05) is 30.3 Å². The van der Waals surface area contributed by atoms with Crippen LogP contribution in [0, 0.1) is 0 Å². The van der Waals surface area contributed by atoms with Gasteiger partial charge in [0.15, 0.2) is 0 Å². The van der Waals surface area contributed by atoms with Crippen LogP contribution in [0.1, 0.15) is 12.5 Å². The molecule has 0 bridgehead atoms. The fraction of sp³-hybridized carbons (Fsp3) is 0.364. The highest BCUT2D eigenvalue weighted by Crippen LogP contribution is 2.36. The van der Waals surface area contributed by atoms with Gasteiger partial charge in [-0.05, 0) is 12.5 Å². The van der Waals surface area contributed by atoms with Crippen molar-refractivity contribution in [3.05, 3.63) is 35.9 Å². The second-order valence-corrected chi connectivity index (χ2v) is 5.09. The minimum Gasteiger partial charge on any atom is -0.372 e. The summed E-state index contributed by atoms with van der Waals surface area (Å²) in [6.07, 6.45) is -0.737. The van der Waals surface area contributed by atoms with Gasteiger partial charge in [-0.1, -0.05) is 30.3 Å². The number of hydrogen-bond acceptors (Lipinski definition) is 5. The van der Waals surface area contributed by atoms with E-state index in [0.717, 1.165) is 5.56 Å². The number of hydrogen-bond donors (Lipinski definition) is 3. The Hall–Kier alpha value is -1.24. The average Bonchev–Trinajstić information content (AvgIpc) is 2.34. The Labute approximate surface area is 110 Å². The molecule has 4 N–H and O–H groups in total. The van der Waals surface area contributed by atoms with Crippen molar-refractivity contribution in [3.8, 4) is 0 Å². The van der Waals surface area contributed by atoms with E-state index in [1.54, 1.807) is 0 Å². The first-order chi connectivity index (χ1) is 8.79. The Morgan fingerprint density at radius 2 is 1.95 bits per heavy atom. The molecule has 2 atom stereocenters. The van der Waals surface area contributed by atoms with Gasteiger partial charge in [0.2, 0.25) is 0 Å². The van der Waals surface area contributed by atoms with Gasteiger partial charge in [0.1, 0.15) is 6.04 Å².